The van der Waals surface area contributed by atoms with Crippen molar-refractivity contribution in [2.45, 2.75) is 31.8 Å². The van der Waals surface area contributed by atoms with E-state index >= 15 is 0 Å². The number of likely N-dealkylation sites (tertiary alicyclic amines) is 1. The summed E-state index contributed by atoms with van der Waals surface area (Å²) < 4.78 is 20.8. The van der Waals surface area contributed by atoms with Crippen molar-refractivity contribution in [2.24, 2.45) is 18.7 Å². The van der Waals surface area contributed by atoms with Crippen molar-refractivity contribution in [1.29, 1.82) is 0 Å². The van der Waals surface area contributed by atoms with Gasteiger partial charge in [-0.1, -0.05) is 0 Å². The predicted molar refractivity (Wildman–Crippen MR) is 101 cm³/mol. The molecular weight excluding hydrogens is 363 g/mol. The van der Waals surface area contributed by atoms with Crippen LogP contribution in [0.4, 0.5) is 4.39 Å². The summed E-state index contributed by atoms with van der Waals surface area (Å²) in [4.78, 5) is 25.9. The van der Waals surface area contributed by atoms with Gasteiger partial charge in [-0.05, 0) is 36.2 Å². The molecule has 0 saturated carbocycles. The molecule has 0 unspecified atom stereocenters. The van der Waals surface area contributed by atoms with E-state index in [4.69, 9.17) is 10.5 Å². The molecule has 150 valence electrons. The molecular formula is C20H25FN4O3. The molecule has 0 aliphatic carbocycles. The minimum Gasteiger partial charge on any atom is -0.490 e. The second-order valence-corrected chi connectivity index (χ2v) is 7.19. The molecule has 28 heavy (non-hydrogen) atoms. The van der Waals surface area contributed by atoms with Crippen molar-refractivity contribution in [3.63, 3.8) is 0 Å². The van der Waals surface area contributed by atoms with Gasteiger partial charge in [-0.2, -0.15) is 5.10 Å². The van der Waals surface area contributed by atoms with E-state index in [0.717, 1.165) is 5.56 Å². The monoisotopic (exact) mass is 388 g/mol. The normalized spacial score (nSPS) is 19.4. The molecule has 1 aliphatic rings. The Morgan fingerprint density at radius 1 is 1.32 bits per heavy atom. The number of nitrogens with two attached hydrogens (primary N) is 1. The largest absolute Gasteiger partial charge is 0.490 e. The Balaban J connectivity index is 1.59. The van der Waals surface area contributed by atoms with Gasteiger partial charge in [0.2, 0.25) is 11.8 Å². The maximum absolute atomic E-state index is 13.1. The Hall–Kier alpha value is -2.90. The van der Waals surface area contributed by atoms with Gasteiger partial charge in [-0.15, -0.1) is 0 Å². The third kappa shape index (κ3) is 5.31. The molecule has 7 nitrogen and oxygen atoms in total. The summed E-state index contributed by atoms with van der Waals surface area (Å²) in [5, 5.41) is 4.11. The van der Waals surface area contributed by atoms with E-state index < -0.39 is 5.91 Å². The molecule has 2 heterocycles. The Labute approximate surface area is 163 Å². The molecule has 3 rings (SSSR count). The topological polar surface area (TPSA) is 90.5 Å². The number of ether oxygens (including phenoxy) is 1. The molecule has 2 aromatic rings. The fourth-order valence-electron chi connectivity index (χ4n) is 3.55. The number of aryl methyl sites for hydroxylation is 2. The lowest BCUT2D eigenvalue weighted by molar-refractivity contribution is -0.136. The lowest BCUT2D eigenvalue weighted by atomic mass is 9.90. The van der Waals surface area contributed by atoms with Crippen molar-refractivity contribution in [3.05, 3.63) is 48.0 Å². The summed E-state index contributed by atoms with van der Waals surface area (Å²) in [7, 11) is 1.84. The van der Waals surface area contributed by atoms with Crippen molar-refractivity contribution >= 4 is 11.8 Å². The minimum absolute atomic E-state index is 0.0403. The average molecular weight is 388 g/mol. The van der Waals surface area contributed by atoms with Crippen LogP contribution in [0, 0.1) is 11.7 Å². The quantitative estimate of drug-likeness (QED) is 0.781. The molecule has 8 heteroatoms. The Morgan fingerprint density at radius 2 is 2.07 bits per heavy atom. The van der Waals surface area contributed by atoms with Crippen molar-refractivity contribution < 1.29 is 18.7 Å². The SMILES string of the molecule is Cn1cc(CCC(=O)N2CC[C@H](Oc3ccc(F)cc3)[C@@H](CC(N)=O)C2)cn1. The van der Waals surface area contributed by atoms with E-state index in [2.05, 4.69) is 5.10 Å². The number of rotatable bonds is 7. The summed E-state index contributed by atoms with van der Waals surface area (Å²) in [6, 6.07) is 5.77. The van der Waals surface area contributed by atoms with Crippen molar-refractivity contribution in [3.8, 4) is 5.75 Å². The molecule has 1 saturated heterocycles. The highest BCUT2D eigenvalue weighted by Crippen LogP contribution is 2.26. The van der Waals surface area contributed by atoms with Gasteiger partial charge in [0.1, 0.15) is 17.7 Å². The third-order valence-electron chi connectivity index (χ3n) is 4.97. The maximum Gasteiger partial charge on any atom is 0.222 e. The number of carbonyl (C=O) groups excluding carboxylic acids is 2. The highest BCUT2D eigenvalue weighted by atomic mass is 19.1. The zero-order valence-electron chi connectivity index (χ0n) is 15.9. The second kappa shape index (κ2) is 8.86. The van der Waals surface area contributed by atoms with Gasteiger partial charge in [-0.25, -0.2) is 4.39 Å². The van der Waals surface area contributed by atoms with Crippen LogP contribution in [-0.2, 0) is 23.1 Å². The zero-order valence-corrected chi connectivity index (χ0v) is 15.9. The van der Waals surface area contributed by atoms with Crippen LogP contribution in [0.15, 0.2) is 36.7 Å². The number of amides is 2. The van der Waals surface area contributed by atoms with Crippen LogP contribution >= 0.6 is 0 Å². The number of halogens is 1. The first kappa shape index (κ1) is 19.9. The summed E-state index contributed by atoms with van der Waals surface area (Å²) in [5.41, 5.74) is 6.41. The molecule has 0 spiro atoms. The van der Waals surface area contributed by atoms with E-state index in [1.54, 1.807) is 27.9 Å². The summed E-state index contributed by atoms with van der Waals surface area (Å²) in [6.45, 7) is 0.966. The van der Waals surface area contributed by atoms with Gasteiger partial charge in [0.05, 0.1) is 6.20 Å². The number of piperidine rings is 1. The Morgan fingerprint density at radius 3 is 2.71 bits per heavy atom. The number of hydrogen-bond donors (Lipinski definition) is 1. The van der Waals surface area contributed by atoms with Crippen LogP contribution in [0.3, 0.4) is 0 Å². The molecule has 2 N–H and O–H groups in total. The molecule has 0 radical (unpaired) electrons. The number of hydrogen-bond acceptors (Lipinski definition) is 4. The van der Waals surface area contributed by atoms with E-state index in [1.807, 2.05) is 13.2 Å². The van der Waals surface area contributed by atoms with E-state index in [1.165, 1.54) is 12.1 Å². The van der Waals surface area contributed by atoms with Crippen LogP contribution < -0.4 is 10.5 Å². The van der Waals surface area contributed by atoms with E-state index in [9.17, 15) is 14.0 Å². The van der Waals surface area contributed by atoms with Crippen LogP contribution in [-0.4, -0.2) is 45.7 Å². The molecule has 2 amide bonds. The van der Waals surface area contributed by atoms with Gasteiger partial charge < -0.3 is 15.4 Å². The number of primary amides is 1. The highest BCUT2D eigenvalue weighted by molar-refractivity contribution is 5.77. The molecule has 1 fully saturated rings. The summed E-state index contributed by atoms with van der Waals surface area (Å²) in [6.07, 6.45) is 5.14. The lowest BCUT2D eigenvalue weighted by Gasteiger charge is -2.38. The Kier molecular flexibility index (Phi) is 6.28. The average Bonchev–Trinajstić information content (AvgIpc) is 3.08. The number of aromatic nitrogens is 2. The first-order valence-electron chi connectivity index (χ1n) is 9.36. The van der Waals surface area contributed by atoms with Gasteiger partial charge in [0.15, 0.2) is 0 Å². The minimum atomic E-state index is -0.428. The van der Waals surface area contributed by atoms with Gasteiger partial charge in [0, 0.05) is 51.5 Å². The van der Waals surface area contributed by atoms with E-state index in [-0.39, 0.29) is 30.2 Å². The van der Waals surface area contributed by atoms with E-state index in [0.29, 0.717) is 38.1 Å². The number of benzene rings is 1. The highest BCUT2D eigenvalue weighted by Gasteiger charge is 2.33. The lowest BCUT2D eigenvalue weighted by Crippen LogP contribution is -2.49. The molecule has 2 atom stereocenters. The molecule has 1 aromatic carbocycles. The zero-order chi connectivity index (χ0) is 20.1. The molecule has 1 aliphatic heterocycles. The van der Waals surface area contributed by atoms with Gasteiger partial charge in [-0.3, -0.25) is 14.3 Å². The fraction of sp³-hybridized carbons (Fsp3) is 0.450. The second-order valence-electron chi connectivity index (χ2n) is 7.19. The maximum atomic E-state index is 13.1. The van der Waals surface area contributed by atoms with Gasteiger partial charge in [0.25, 0.3) is 0 Å². The van der Waals surface area contributed by atoms with Crippen LogP contribution in [0.25, 0.3) is 0 Å². The molecule has 0 bridgehead atoms. The van der Waals surface area contributed by atoms with Crippen LogP contribution in [0.5, 0.6) is 5.75 Å². The first-order valence-corrected chi connectivity index (χ1v) is 9.36. The smallest absolute Gasteiger partial charge is 0.222 e. The molecule has 1 aromatic heterocycles. The Bertz CT molecular complexity index is 821. The van der Waals surface area contributed by atoms with Crippen LogP contribution in [0.2, 0.25) is 0 Å². The van der Waals surface area contributed by atoms with Gasteiger partial charge >= 0.3 is 0 Å². The third-order valence-corrected chi connectivity index (χ3v) is 4.97. The van der Waals surface area contributed by atoms with Crippen LogP contribution in [0.1, 0.15) is 24.8 Å². The number of carbonyl (C=O) groups is 2. The summed E-state index contributed by atoms with van der Waals surface area (Å²) >= 11 is 0. The van der Waals surface area contributed by atoms with Crippen molar-refractivity contribution in [1.82, 2.24) is 14.7 Å². The first-order chi connectivity index (χ1) is 13.4. The number of nitrogens with zero attached hydrogens (tertiary/aromatic N) is 3. The summed E-state index contributed by atoms with van der Waals surface area (Å²) in [5.74, 6) is -0.383. The predicted octanol–water partition coefficient (Wildman–Crippen LogP) is 1.66. The standard InChI is InChI=1S/C20H25FN4O3/c1-24-12-14(11-23-24)2-7-20(27)25-9-8-18(15(13-25)10-19(22)26)28-17-5-3-16(21)4-6-17/h3-6,11-12,15,18H,2,7-10,13H2,1H3,(H2,22,26)/t15-,18-/m0/s1. The fourth-order valence-corrected chi connectivity index (χ4v) is 3.55. The van der Waals surface area contributed by atoms with Crippen molar-refractivity contribution in [2.75, 3.05) is 13.1 Å².